The molecule has 132 valence electrons. The molecule has 0 saturated carbocycles. The van der Waals surface area contributed by atoms with Gasteiger partial charge in [0.25, 0.3) is 5.91 Å². The summed E-state index contributed by atoms with van der Waals surface area (Å²) in [5, 5.41) is 2.90. The van der Waals surface area contributed by atoms with Crippen LogP contribution in [0.3, 0.4) is 0 Å². The quantitative estimate of drug-likeness (QED) is 0.902. The van der Waals surface area contributed by atoms with Gasteiger partial charge in [0.05, 0.1) is 0 Å². The number of rotatable bonds is 5. The number of nitrogens with one attached hydrogen (secondary N) is 1. The molecule has 0 aliphatic carbocycles. The lowest BCUT2D eigenvalue weighted by molar-refractivity contribution is -0.135. The van der Waals surface area contributed by atoms with Crippen molar-refractivity contribution in [2.24, 2.45) is 0 Å². The number of nitrogens with zero attached hydrogens (tertiary/aromatic N) is 1. The van der Waals surface area contributed by atoms with Crippen molar-refractivity contribution in [3.63, 3.8) is 0 Å². The molecule has 1 aromatic carbocycles. The normalized spacial score (nSPS) is 17.7. The molecule has 24 heavy (non-hydrogen) atoms. The first-order chi connectivity index (χ1) is 11.4. The molecule has 5 nitrogen and oxygen atoms in total. The summed E-state index contributed by atoms with van der Waals surface area (Å²) < 4.78 is 5.78. The summed E-state index contributed by atoms with van der Waals surface area (Å²) in [6.07, 6.45) is 1.82. The van der Waals surface area contributed by atoms with Crippen LogP contribution >= 0.6 is 0 Å². The maximum Gasteiger partial charge on any atom is 0.260 e. The number of carbonyl (C=O) groups excluding carboxylic acids is 2. The molecule has 2 amide bonds. The molecule has 1 aliphatic rings. The van der Waals surface area contributed by atoms with Gasteiger partial charge in [0.15, 0.2) is 6.61 Å². The topological polar surface area (TPSA) is 58.6 Å². The maximum absolute atomic E-state index is 12.4. The van der Waals surface area contributed by atoms with Crippen LogP contribution in [-0.4, -0.2) is 42.5 Å². The number of aryl methyl sites for hydroxylation is 1. The van der Waals surface area contributed by atoms with Crippen molar-refractivity contribution >= 4 is 11.8 Å². The predicted octanol–water partition coefficient (Wildman–Crippen LogP) is 2.62. The summed E-state index contributed by atoms with van der Waals surface area (Å²) >= 11 is 0. The van der Waals surface area contributed by atoms with Crippen molar-refractivity contribution in [2.75, 3.05) is 19.7 Å². The highest BCUT2D eigenvalue weighted by atomic mass is 16.5. The molecule has 0 aromatic heterocycles. The van der Waals surface area contributed by atoms with Crippen molar-refractivity contribution < 1.29 is 14.3 Å². The SMILES string of the molecule is CC(=O)NC1CCCN(C(=O)COc2cc(C(C)C)ccc2C)C1. The van der Waals surface area contributed by atoms with Crippen LogP contribution in [-0.2, 0) is 9.59 Å². The van der Waals surface area contributed by atoms with Crippen LogP contribution in [0.5, 0.6) is 5.75 Å². The zero-order chi connectivity index (χ0) is 17.7. The molecule has 1 N–H and O–H groups in total. The van der Waals surface area contributed by atoms with Crippen LogP contribution in [0.2, 0.25) is 0 Å². The Hall–Kier alpha value is -2.04. The lowest BCUT2D eigenvalue weighted by Gasteiger charge is -2.33. The average molecular weight is 332 g/mol. The molecule has 1 fully saturated rings. The van der Waals surface area contributed by atoms with Crippen molar-refractivity contribution in [1.82, 2.24) is 10.2 Å². The summed E-state index contributed by atoms with van der Waals surface area (Å²) in [6.45, 7) is 9.09. The van der Waals surface area contributed by atoms with Crippen molar-refractivity contribution in [3.8, 4) is 5.75 Å². The molecule has 1 heterocycles. The van der Waals surface area contributed by atoms with Crippen LogP contribution in [0.1, 0.15) is 50.7 Å². The Kier molecular flexibility index (Phi) is 6.23. The van der Waals surface area contributed by atoms with Gasteiger partial charge in [-0.3, -0.25) is 9.59 Å². The van der Waals surface area contributed by atoms with E-state index in [2.05, 4.69) is 25.2 Å². The summed E-state index contributed by atoms with van der Waals surface area (Å²) in [6, 6.07) is 6.19. The molecule has 1 unspecified atom stereocenters. The fourth-order valence-corrected chi connectivity index (χ4v) is 2.97. The molecule has 0 spiro atoms. The van der Waals surface area contributed by atoms with E-state index in [4.69, 9.17) is 4.74 Å². The number of hydrogen-bond donors (Lipinski definition) is 1. The Balaban J connectivity index is 1.93. The van der Waals surface area contributed by atoms with Crippen LogP contribution in [0.25, 0.3) is 0 Å². The van der Waals surface area contributed by atoms with Crippen molar-refractivity contribution in [2.45, 2.75) is 52.5 Å². The molecule has 1 aromatic rings. The minimum atomic E-state index is -0.0494. The lowest BCUT2D eigenvalue weighted by Crippen LogP contribution is -2.50. The maximum atomic E-state index is 12.4. The molecule has 1 atom stereocenters. The molecular formula is C19H28N2O3. The van der Waals surface area contributed by atoms with Gasteiger partial charge in [-0.2, -0.15) is 0 Å². The van der Waals surface area contributed by atoms with Gasteiger partial charge in [-0.1, -0.05) is 26.0 Å². The first-order valence-corrected chi connectivity index (χ1v) is 8.65. The smallest absolute Gasteiger partial charge is 0.260 e. The summed E-state index contributed by atoms with van der Waals surface area (Å²) in [5.41, 5.74) is 2.23. The average Bonchev–Trinajstić information content (AvgIpc) is 2.53. The fourth-order valence-electron chi connectivity index (χ4n) is 2.97. The number of likely N-dealkylation sites (tertiary alicyclic amines) is 1. The Morgan fingerprint density at radius 2 is 2.12 bits per heavy atom. The third-order valence-electron chi connectivity index (χ3n) is 4.41. The third kappa shape index (κ3) is 4.98. The van der Waals surface area contributed by atoms with Crippen LogP contribution < -0.4 is 10.1 Å². The number of carbonyl (C=O) groups is 2. The van der Waals surface area contributed by atoms with Gasteiger partial charge >= 0.3 is 0 Å². The van der Waals surface area contributed by atoms with E-state index in [1.165, 1.54) is 12.5 Å². The van der Waals surface area contributed by atoms with Crippen LogP contribution in [0.4, 0.5) is 0 Å². The van der Waals surface area contributed by atoms with Gasteiger partial charge in [0.2, 0.25) is 5.91 Å². The third-order valence-corrected chi connectivity index (χ3v) is 4.41. The Labute approximate surface area is 144 Å². The highest BCUT2D eigenvalue weighted by Gasteiger charge is 2.24. The van der Waals surface area contributed by atoms with E-state index >= 15 is 0 Å². The molecule has 5 heteroatoms. The van der Waals surface area contributed by atoms with Gasteiger partial charge < -0.3 is 15.0 Å². The molecule has 0 bridgehead atoms. The number of amides is 2. The van der Waals surface area contributed by atoms with E-state index in [-0.39, 0.29) is 24.5 Å². The summed E-state index contributed by atoms with van der Waals surface area (Å²) in [5.74, 6) is 1.11. The summed E-state index contributed by atoms with van der Waals surface area (Å²) in [4.78, 5) is 25.4. The van der Waals surface area contributed by atoms with E-state index in [9.17, 15) is 9.59 Å². The molecule has 1 saturated heterocycles. The standard InChI is InChI=1S/C19H28N2O3/c1-13(2)16-8-7-14(3)18(10-16)24-12-19(23)21-9-5-6-17(11-21)20-15(4)22/h7-8,10,13,17H,5-6,9,11-12H2,1-4H3,(H,20,22). The van der Waals surface area contributed by atoms with Crippen LogP contribution in [0.15, 0.2) is 18.2 Å². The van der Waals surface area contributed by atoms with E-state index < -0.39 is 0 Å². The largest absolute Gasteiger partial charge is 0.483 e. The molecule has 1 aliphatic heterocycles. The molecular weight excluding hydrogens is 304 g/mol. The highest BCUT2D eigenvalue weighted by molar-refractivity contribution is 5.78. The van der Waals surface area contributed by atoms with Gasteiger partial charge in [-0.05, 0) is 42.9 Å². The number of ether oxygens (including phenoxy) is 1. The Morgan fingerprint density at radius 1 is 1.38 bits per heavy atom. The first-order valence-electron chi connectivity index (χ1n) is 8.65. The predicted molar refractivity (Wildman–Crippen MR) is 94.2 cm³/mol. The zero-order valence-corrected chi connectivity index (χ0v) is 15.1. The van der Waals surface area contributed by atoms with Gasteiger partial charge in [-0.15, -0.1) is 0 Å². The minimum absolute atomic E-state index is 0.0283. The van der Waals surface area contributed by atoms with Gasteiger partial charge in [0, 0.05) is 26.1 Å². The monoisotopic (exact) mass is 332 g/mol. The second-order valence-electron chi connectivity index (χ2n) is 6.85. The Bertz CT molecular complexity index is 598. The first kappa shape index (κ1) is 18.3. The second kappa shape index (κ2) is 8.18. The van der Waals surface area contributed by atoms with Crippen LogP contribution in [0, 0.1) is 6.92 Å². The number of piperidine rings is 1. The Morgan fingerprint density at radius 3 is 2.79 bits per heavy atom. The highest BCUT2D eigenvalue weighted by Crippen LogP contribution is 2.24. The van der Waals surface area contributed by atoms with E-state index in [1.54, 1.807) is 4.90 Å². The number of benzene rings is 1. The fraction of sp³-hybridized carbons (Fsp3) is 0.579. The summed E-state index contributed by atoms with van der Waals surface area (Å²) in [7, 11) is 0. The molecule has 2 rings (SSSR count). The lowest BCUT2D eigenvalue weighted by atomic mass is 10.0. The molecule has 0 radical (unpaired) electrons. The van der Waals surface area contributed by atoms with Crippen molar-refractivity contribution in [3.05, 3.63) is 29.3 Å². The van der Waals surface area contributed by atoms with E-state index in [0.717, 1.165) is 30.7 Å². The van der Waals surface area contributed by atoms with Gasteiger partial charge in [0.1, 0.15) is 5.75 Å². The number of hydrogen-bond acceptors (Lipinski definition) is 3. The van der Waals surface area contributed by atoms with Crippen molar-refractivity contribution in [1.29, 1.82) is 0 Å². The zero-order valence-electron chi connectivity index (χ0n) is 15.1. The minimum Gasteiger partial charge on any atom is -0.483 e. The van der Waals surface area contributed by atoms with Gasteiger partial charge in [-0.25, -0.2) is 0 Å². The second-order valence-corrected chi connectivity index (χ2v) is 6.85. The van der Waals surface area contributed by atoms with E-state index in [1.807, 2.05) is 19.1 Å². The van der Waals surface area contributed by atoms with E-state index in [0.29, 0.717) is 12.5 Å².